The molecule has 0 saturated carbocycles. The predicted octanol–water partition coefficient (Wildman–Crippen LogP) is 4.43. The molecule has 0 saturated heterocycles. The van der Waals surface area contributed by atoms with E-state index in [1.54, 1.807) is 6.20 Å². The Bertz CT molecular complexity index is 1330. The molecule has 0 atom stereocenters. The third-order valence-corrected chi connectivity index (χ3v) is 5.79. The fourth-order valence-electron chi connectivity index (χ4n) is 2.97. The van der Waals surface area contributed by atoms with E-state index in [4.69, 9.17) is 0 Å². The standard InChI is InChI=1S/C22H16FN3O3S/c23-16-5-3-6-18(14-16)26-30(28,29)19-10-8-17(9-11-19)25-22(27)21-20-7-2-1-4-15(20)12-13-24-21/h1-14,26H,(H,25,27). The summed E-state index contributed by atoms with van der Waals surface area (Å²) in [5.74, 6) is -0.949. The van der Waals surface area contributed by atoms with Gasteiger partial charge in [0.15, 0.2) is 0 Å². The first-order valence-corrected chi connectivity index (χ1v) is 10.4. The SMILES string of the molecule is O=C(Nc1ccc(S(=O)(=O)Nc2cccc(F)c2)cc1)c1nccc2ccccc12. The highest BCUT2D eigenvalue weighted by Gasteiger charge is 2.16. The molecular weight excluding hydrogens is 405 g/mol. The van der Waals surface area contributed by atoms with Gasteiger partial charge in [-0.1, -0.05) is 30.3 Å². The lowest BCUT2D eigenvalue weighted by Gasteiger charge is -2.10. The van der Waals surface area contributed by atoms with Gasteiger partial charge < -0.3 is 5.32 Å². The topological polar surface area (TPSA) is 88.2 Å². The molecule has 3 aromatic carbocycles. The van der Waals surface area contributed by atoms with Gasteiger partial charge in [0.05, 0.1) is 10.6 Å². The number of carbonyl (C=O) groups is 1. The molecule has 150 valence electrons. The van der Waals surface area contributed by atoms with E-state index in [0.29, 0.717) is 5.69 Å². The van der Waals surface area contributed by atoms with Crippen LogP contribution >= 0.6 is 0 Å². The number of halogens is 1. The molecule has 2 N–H and O–H groups in total. The summed E-state index contributed by atoms with van der Waals surface area (Å²) < 4.78 is 40.6. The highest BCUT2D eigenvalue weighted by Crippen LogP contribution is 2.21. The van der Waals surface area contributed by atoms with E-state index in [9.17, 15) is 17.6 Å². The number of nitrogens with one attached hydrogen (secondary N) is 2. The number of benzene rings is 3. The Morgan fingerprint density at radius 2 is 1.63 bits per heavy atom. The third-order valence-electron chi connectivity index (χ3n) is 4.39. The number of hydrogen-bond acceptors (Lipinski definition) is 4. The Hall–Kier alpha value is -3.78. The van der Waals surface area contributed by atoms with Crippen LogP contribution in [0.1, 0.15) is 10.5 Å². The van der Waals surface area contributed by atoms with E-state index in [-0.39, 0.29) is 16.3 Å². The highest BCUT2D eigenvalue weighted by atomic mass is 32.2. The lowest BCUT2D eigenvalue weighted by atomic mass is 10.1. The summed E-state index contributed by atoms with van der Waals surface area (Å²) in [6, 6.07) is 20.0. The summed E-state index contributed by atoms with van der Waals surface area (Å²) in [5.41, 5.74) is 0.811. The first kappa shape index (κ1) is 19.5. The second-order valence-electron chi connectivity index (χ2n) is 6.48. The normalized spacial score (nSPS) is 11.2. The van der Waals surface area contributed by atoms with Crippen molar-refractivity contribution in [1.29, 1.82) is 0 Å². The molecule has 0 unspecified atom stereocenters. The van der Waals surface area contributed by atoms with Crippen LogP contribution in [0.25, 0.3) is 10.8 Å². The fraction of sp³-hybridized carbons (Fsp3) is 0. The monoisotopic (exact) mass is 421 g/mol. The molecule has 6 nitrogen and oxygen atoms in total. The number of pyridine rings is 1. The van der Waals surface area contributed by atoms with Crippen molar-refractivity contribution in [1.82, 2.24) is 4.98 Å². The van der Waals surface area contributed by atoms with E-state index >= 15 is 0 Å². The zero-order chi connectivity index (χ0) is 21.1. The Morgan fingerprint density at radius 1 is 0.867 bits per heavy atom. The Morgan fingerprint density at radius 3 is 2.40 bits per heavy atom. The summed E-state index contributed by atoms with van der Waals surface area (Å²) in [7, 11) is -3.90. The average Bonchev–Trinajstić information content (AvgIpc) is 2.73. The number of carbonyl (C=O) groups excluding carboxylic acids is 1. The number of sulfonamides is 1. The molecule has 0 fully saturated rings. The molecular formula is C22H16FN3O3S. The molecule has 4 aromatic rings. The van der Waals surface area contributed by atoms with Crippen molar-refractivity contribution in [2.75, 3.05) is 10.0 Å². The van der Waals surface area contributed by atoms with E-state index in [0.717, 1.165) is 16.8 Å². The van der Waals surface area contributed by atoms with Crippen molar-refractivity contribution < 1.29 is 17.6 Å². The van der Waals surface area contributed by atoms with Gasteiger partial charge in [-0.15, -0.1) is 0 Å². The highest BCUT2D eigenvalue weighted by molar-refractivity contribution is 7.92. The van der Waals surface area contributed by atoms with E-state index in [1.165, 1.54) is 42.5 Å². The summed E-state index contributed by atoms with van der Waals surface area (Å²) >= 11 is 0. The van der Waals surface area contributed by atoms with Gasteiger partial charge in [0.1, 0.15) is 11.5 Å². The van der Waals surface area contributed by atoms with Crippen LogP contribution in [-0.4, -0.2) is 19.3 Å². The van der Waals surface area contributed by atoms with Crippen LogP contribution in [0.3, 0.4) is 0 Å². The van der Waals surface area contributed by atoms with E-state index in [1.807, 2.05) is 30.3 Å². The maximum absolute atomic E-state index is 13.3. The molecule has 0 spiro atoms. The zero-order valence-corrected chi connectivity index (χ0v) is 16.4. The molecule has 4 rings (SSSR count). The van der Waals surface area contributed by atoms with Crippen LogP contribution in [0.4, 0.5) is 15.8 Å². The average molecular weight is 421 g/mol. The summed E-state index contributed by atoms with van der Waals surface area (Å²) in [4.78, 5) is 16.8. The van der Waals surface area contributed by atoms with Crippen molar-refractivity contribution in [3.05, 3.63) is 96.6 Å². The Labute approximate surface area is 172 Å². The van der Waals surface area contributed by atoms with Crippen LogP contribution < -0.4 is 10.0 Å². The Balaban J connectivity index is 1.52. The lowest BCUT2D eigenvalue weighted by molar-refractivity contribution is 0.102. The van der Waals surface area contributed by atoms with Crippen LogP contribution in [0.15, 0.2) is 90.0 Å². The number of rotatable bonds is 5. The minimum absolute atomic E-state index is 0.0203. The molecule has 0 aliphatic rings. The number of hydrogen-bond donors (Lipinski definition) is 2. The molecule has 1 amide bonds. The summed E-state index contributed by atoms with van der Waals surface area (Å²) in [6.07, 6.45) is 1.56. The fourth-order valence-corrected chi connectivity index (χ4v) is 4.02. The van der Waals surface area contributed by atoms with Gasteiger partial charge in [0.2, 0.25) is 0 Å². The van der Waals surface area contributed by atoms with Crippen molar-refractivity contribution >= 4 is 38.1 Å². The molecule has 8 heteroatoms. The van der Waals surface area contributed by atoms with Gasteiger partial charge in [0, 0.05) is 17.3 Å². The van der Waals surface area contributed by atoms with Gasteiger partial charge in [-0.25, -0.2) is 12.8 Å². The first-order chi connectivity index (χ1) is 14.4. The van der Waals surface area contributed by atoms with Crippen LogP contribution in [0.2, 0.25) is 0 Å². The summed E-state index contributed by atoms with van der Waals surface area (Å²) in [5, 5.41) is 4.33. The quantitative estimate of drug-likeness (QED) is 0.499. The predicted molar refractivity (Wildman–Crippen MR) is 113 cm³/mol. The minimum Gasteiger partial charge on any atom is -0.321 e. The van der Waals surface area contributed by atoms with Crippen molar-refractivity contribution in [2.24, 2.45) is 0 Å². The maximum atomic E-state index is 13.3. The van der Waals surface area contributed by atoms with Crippen molar-refractivity contribution in [3.8, 4) is 0 Å². The van der Waals surface area contributed by atoms with Gasteiger partial charge in [-0.05, 0) is 53.9 Å². The second-order valence-corrected chi connectivity index (χ2v) is 8.16. The molecule has 1 aromatic heterocycles. The number of aromatic nitrogens is 1. The van der Waals surface area contributed by atoms with Gasteiger partial charge in [-0.2, -0.15) is 0 Å². The molecule has 0 aliphatic heterocycles. The van der Waals surface area contributed by atoms with Crippen LogP contribution in [0, 0.1) is 5.82 Å². The molecule has 0 radical (unpaired) electrons. The zero-order valence-electron chi connectivity index (χ0n) is 15.5. The van der Waals surface area contributed by atoms with E-state index in [2.05, 4.69) is 15.0 Å². The number of anilines is 2. The summed E-state index contributed by atoms with van der Waals surface area (Å²) in [6.45, 7) is 0. The molecule has 0 aliphatic carbocycles. The smallest absolute Gasteiger partial charge is 0.274 e. The number of fused-ring (bicyclic) bond motifs is 1. The molecule has 30 heavy (non-hydrogen) atoms. The number of amides is 1. The van der Waals surface area contributed by atoms with Gasteiger partial charge >= 0.3 is 0 Å². The first-order valence-electron chi connectivity index (χ1n) is 8.96. The van der Waals surface area contributed by atoms with Gasteiger partial charge in [-0.3, -0.25) is 14.5 Å². The van der Waals surface area contributed by atoms with Crippen LogP contribution in [0.5, 0.6) is 0 Å². The van der Waals surface area contributed by atoms with E-state index < -0.39 is 21.7 Å². The largest absolute Gasteiger partial charge is 0.321 e. The molecule has 1 heterocycles. The van der Waals surface area contributed by atoms with Crippen molar-refractivity contribution in [2.45, 2.75) is 4.90 Å². The minimum atomic E-state index is -3.90. The second kappa shape index (κ2) is 7.92. The third kappa shape index (κ3) is 4.13. The van der Waals surface area contributed by atoms with Gasteiger partial charge in [0.25, 0.3) is 15.9 Å². The Kier molecular flexibility index (Phi) is 5.16. The van der Waals surface area contributed by atoms with Crippen LogP contribution in [-0.2, 0) is 10.0 Å². The maximum Gasteiger partial charge on any atom is 0.274 e. The molecule has 0 bridgehead atoms. The number of nitrogens with zero attached hydrogens (tertiary/aromatic N) is 1. The van der Waals surface area contributed by atoms with Crippen molar-refractivity contribution in [3.63, 3.8) is 0 Å². The lowest BCUT2D eigenvalue weighted by Crippen LogP contribution is -2.15.